The molecule has 0 aliphatic carbocycles. The molecule has 0 spiro atoms. The van der Waals surface area contributed by atoms with Gasteiger partial charge in [0.15, 0.2) is 0 Å². The van der Waals surface area contributed by atoms with Crippen LogP contribution in [0.5, 0.6) is 0 Å². The van der Waals surface area contributed by atoms with Gasteiger partial charge in [-0.05, 0) is 216 Å². The predicted molar refractivity (Wildman–Crippen MR) is 615 cm³/mol. The lowest BCUT2D eigenvalue weighted by Crippen LogP contribution is -1.96. The van der Waals surface area contributed by atoms with Crippen molar-refractivity contribution in [2.45, 2.75) is 0 Å². The number of hydrogen-bond acceptors (Lipinski definition) is 6. The first kappa shape index (κ1) is 84.8. The second-order valence-electron chi connectivity index (χ2n) is 37.9. The van der Waals surface area contributed by atoms with Gasteiger partial charge in [-0.15, -0.1) is 0 Å². The van der Waals surface area contributed by atoms with Crippen molar-refractivity contribution in [3.63, 3.8) is 0 Å². The molecule has 0 amide bonds. The number of rotatable bonds is 12. The highest BCUT2D eigenvalue weighted by Gasteiger charge is 2.28. The number of aromatic nitrogens is 12. The minimum absolute atomic E-state index is 0.873. The largest absolute Gasteiger partial charge is 0.309 e. The van der Waals surface area contributed by atoms with Crippen LogP contribution in [0.3, 0.4) is 0 Å². The Kier molecular flexibility index (Phi) is 20.0. The van der Waals surface area contributed by atoms with E-state index in [2.05, 4.69) is 463 Å². The van der Waals surface area contributed by atoms with Crippen molar-refractivity contribution in [1.82, 2.24) is 57.3 Å². The van der Waals surface area contributed by atoms with Crippen LogP contribution in [0.25, 0.3) is 276 Å². The first-order valence-electron chi connectivity index (χ1n) is 50.2. The second-order valence-corrected chi connectivity index (χ2v) is 37.9. The molecule has 148 heavy (non-hydrogen) atoms. The van der Waals surface area contributed by atoms with Gasteiger partial charge in [-0.3, -0.25) is 4.98 Å². The molecule has 0 aliphatic heterocycles. The van der Waals surface area contributed by atoms with E-state index in [1.165, 1.54) is 142 Å². The Labute approximate surface area is 849 Å². The molecule has 0 unspecified atom stereocenters. The van der Waals surface area contributed by atoms with Crippen LogP contribution in [0, 0.1) is 0 Å². The summed E-state index contributed by atoms with van der Waals surface area (Å²) < 4.78 is 14.4. The average molecular weight is 1890 g/mol. The highest BCUT2D eigenvalue weighted by molar-refractivity contribution is 6.32. The smallest absolute Gasteiger partial charge is 0.0973 e. The molecule has 0 N–H and O–H groups in total. The van der Waals surface area contributed by atoms with Crippen LogP contribution in [0.15, 0.2) is 522 Å². The molecule has 22 aromatic carbocycles. The Bertz CT molecular complexity index is 10800. The average Bonchev–Trinajstić information content (AvgIpc) is 1.55. The van der Waals surface area contributed by atoms with Crippen LogP contribution in [0.2, 0.25) is 0 Å². The van der Waals surface area contributed by atoms with E-state index in [0.29, 0.717) is 0 Å². The fraction of sp³-hybridized carbons (Fsp3) is 0. The lowest BCUT2D eigenvalue weighted by molar-refractivity contribution is 1.17. The van der Waals surface area contributed by atoms with Gasteiger partial charge in [0.2, 0.25) is 0 Å². The third-order valence-electron chi connectivity index (χ3n) is 29.5. The van der Waals surface area contributed by atoms with E-state index < -0.39 is 0 Å². The maximum atomic E-state index is 5.18. The third-order valence-corrected chi connectivity index (χ3v) is 29.5. The van der Waals surface area contributed by atoms with Crippen LogP contribution in [-0.4, -0.2) is 57.3 Å². The van der Waals surface area contributed by atoms with Gasteiger partial charge in [-0.1, -0.05) is 322 Å². The Morgan fingerprint density at radius 1 is 0.135 bits per heavy atom. The molecule has 31 rings (SSSR count). The molecular formula is C136H86N12. The van der Waals surface area contributed by atoms with Crippen molar-refractivity contribution in [2.24, 2.45) is 0 Å². The van der Waals surface area contributed by atoms with Gasteiger partial charge in [0.1, 0.15) is 0 Å². The summed E-state index contributed by atoms with van der Waals surface area (Å²) in [6, 6.07) is 183. The maximum Gasteiger partial charge on any atom is 0.0973 e. The van der Waals surface area contributed by atoms with Crippen molar-refractivity contribution in [2.75, 3.05) is 0 Å². The van der Waals surface area contributed by atoms with Gasteiger partial charge in [0.25, 0.3) is 0 Å². The van der Waals surface area contributed by atoms with E-state index in [4.69, 9.17) is 24.9 Å². The number of nitrogens with zero attached hydrogens (tertiary/aromatic N) is 12. The molecule has 0 aliphatic rings. The van der Waals surface area contributed by atoms with Gasteiger partial charge in [0.05, 0.1) is 134 Å². The van der Waals surface area contributed by atoms with Crippen LogP contribution in [-0.2, 0) is 0 Å². The van der Waals surface area contributed by atoms with Crippen molar-refractivity contribution in [1.29, 1.82) is 0 Å². The fourth-order valence-electron chi connectivity index (χ4n) is 23.0. The Morgan fingerprint density at radius 3 is 0.757 bits per heavy atom. The normalized spacial score (nSPS) is 11.8. The van der Waals surface area contributed by atoms with Crippen molar-refractivity contribution >= 4 is 175 Å². The molecule has 0 radical (unpaired) electrons. The molecule has 0 saturated carbocycles. The molecule has 690 valence electrons. The van der Waals surface area contributed by atoms with Gasteiger partial charge >= 0.3 is 0 Å². The molecule has 12 heteroatoms. The summed E-state index contributed by atoms with van der Waals surface area (Å²) in [5, 5.41) is 17.5. The van der Waals surface area contributed by atoms with Gasteiger partial charge in [-0.25, -0.2) is 24.9 Å². The Morgan fingerprint density at radius 2 is 0.378 bits per heavy atom. The SMILES string of the molecule is c1ccc(-c2nc3ccccc3nc2-c2ccc3cc(-n4c5ccccc5c5c6c7ccccc7n(-c7ccccc7)c6ccc54)ccc3c2)cc1.c1ccc(-c2nc3ccccc3nc2-c2cccc(-c3cccc(-n4c5ccccc5c5c6c7ccccc7n(-c7ccccc7)c6ccc54)c3)c2)cc1.c1ccc(-n2c3ccccc3c3c4c5ccccc5n(-c5ccc(-c6cnc7ccccc7n6)cc5)c4ccc32)cc1. The monoisotopic (exact) mass is 1890 g/mol. The van der Waals surface area contributed by atoms with E-state index in [0.717, 1.165) is 134 Å². The standard InChI is InChI=1S/C50H32N4.C48H30N4.C38H24N4/c1-3-15-33(16-4-1)49-50(52-42-26-10-9-25-41(42)51-49)36-19-13-17-34(31-36)35-18-14-22-38(32-35)54-44-28-12-8-24-40(44)48-46(54)30-29-45-47(48)39-23-7-11-27-43(39)53(45)37-20-5-2-6-21-37;1-3-13-31(14-4-1)47-48(50-40-20-10-9-19-39(40)49-47)34-24-23-33-30-36(26-25-32(33)29-34)52-42-22-12-8-18-38(42)46-44(52)28-27-43-45(46)37-17-7-11-21-41(37)51(43)35-15-5-2-6-16-35;1-2-10-26(11-3-1)41-33-16-8-4-12-28(33)37-35(41)22-23-36-38(37)29-13-5-9-17-34(29)42(36)27-20-18-25(19-21-27)32-24-39-30-14-6-7-15-31(30)40-32/h1-32H;1-30H;1-24H. The highest BCUT2D eigenvalue weighted by atomic mass is 15.0. The van der Waals surface area contributed by atoms with Crippen molar-refractivity contribution in [3.8, 4) is 102 Å². The fourth-order valence-corrected chi connectivity index (χ4v) is 23.0. The summed E-state index contributed by atoms with van der Waals surface area (Å²) >= 11 is 0. The molecular weight excluding hydrogens is 1800 g/mol. The second kappa shape index (κ2) is 35.0. The minimum Gasteiger partial charge on any atom is -0.309 e. The lowest BCUT2D eigenvalue weighted by Gasteiger charge is -2.13. The summed E-state index contributed by atoms with van der Waals surface area (Å²) in [4.78, 5) is 30.0. The van der Waals surface area contributed by atoms with Gasteiger partial charge in [-0.2, -0.15) is 0 Å². The van der Waals surface area contributed by atoms with Crippen molar-refractivity contribution in [3.05, 3.63) is 522 Å². The summed E-state index contributed by atoms with van der Waals surface area (Å²) in [7, 11) is 0. The van der Waals surface area contributed by atoms with E-state index in [1.807, 2.05) is 91.1 Å². The van der Waals surface area contributed by atoms with Crippen molar-refractivity contribution < 1.29 is 0 Å². The minimum atomic E-state index is 0.873. The molecule has 0 bridgehead atoms. The molecule has 0 atom stereocenters. The summed E-state index contributed by atoms with van der Waals surface area (Å²) in [5.74, 6) is 0. The van der Waals surface area contributed by atoms with Crippen LogP contribution in [0.1, 0.15) is 0 Å². The van der Waals surface area contributed by atoms with Crippen LogP contribution >= 0.6 is 0 Å². The zero-order chi connectivity index (χ0) is 97.4. The van der Waals surface area contributed by atoms with Crippen LogP contribution < -0.4 is 0 Å². The molecule has 0 fully saturated rings. The molecule has 9 aromatic heterocycles. The highest BCUT2D eigenvalue weighted by Crippen LogP contribution is 2.49. The zero-order valence-corrected chi connectivity index (χ0v) is 80.0. The zero-order valence-electron chi connectivity index (χ0n) is 80.0. The van der Waals surface area contributed by atoms with Crippen LogP contribution in [0.4, 0.5) is 0 Å². The molecule has 12 nitrogen and oxygen atoms in total. The molecule has 0 saturated heterocycles. The summed E-state index contributed by atoms with van der Waals surface area (Å²) in [6.45, 7) is 0. The topological polar surface area (TPSA) is 107 Å². The van der Waals surface area contributed by atoms with E-state index in [-0.39, 0.29) is 0 Å². The summed E-state index contributed by atoms with van der Waals surface area (Å²) in [5.41, 5.74) is 38.5. The quantitative estimate of drug-likeness (QED) is 0.121. The Hall–Kier alpha value is -20.1. The Balaban J connectivity index is 0.000000106. The number of fused-ring (bicyclic) bond motifs is 25. The number of hydrogen-bond donors (Lipinski definition) is 0. The van der Waals surface area contributed by atoms with Gasteiger partial charge < -0.3 is 27.4 Å². The molecule has 9 heterocycles. The summed E-state index contributed by atoms with van der Waals surface area (Å²) in [6.07, 6.45) is 1.86. The molecule has 31 aromatic rings. The first-order valence-corrected chi connectivity index (χ1v) is 50.2. The maximum absolute atomic E-state index is 5.18. The number of para-hydroxylation sites is 15. The van der Waals surface area contributed by atoms with E-state index in [9.17, 15) is 0 Å². The van der Waals surface area contributed by atoms with Gasteiger partial charge in [0, 0.05) is 127 Å². The van der Waals surface area contributed by atoms with E-state index >= 15 is 0 Å². The first-order chi connectivity index (χ1) is 73.4. The third kappa shape index (κ3) is 14.0. The number of benzene rings is 22. The predicted octanol–water partition coefficient (Wildman–Crippen LogP) is 34.6. The van der Waals surface area contributed by atoms with E-state index in [1.54, 1.807) is 0 Å². The lowest BCUT2D eigenvalue weighted by atomic mass is 9.98.